The highest BCUT2D eigenvalue weighted by molar-refractivity contribution is 5.54. The van der Waals surface area contributed by atoms with E-state index in [4.69, 9.17) is 25.2 Å². The first kappa shape index (κ1) is 25.5. The van der Waals surface area contributed by atoms with E-state index in [2.05, 4.69) is 37.8 Å². The first-order valence-electron chi connectivity index (χ1n) is 15.2. The molecule has 8 rings (SSSR count). The number of nitrogens with zero attached hydrogens (tertiary/aromatic N) is 6. The van der Waals surface area contributed by atoms with Crippen molar-refractivity contribution in [3.05, 3.63) is 58.5 Å². The van der Waals surface area contributed by atoms with E-state index in [0.717, 1.165) is 80.9 Å². The van der Waals surface area contributed by atoms with Gasteiger partial charge in [0.15, 0.2) is 0 Å². The van der Waals surface area contributed by atoms with Gasteiger partial charge in [-0.2, -0.15) is 15.1 Å². The van der Waals surface area contributed by atoms with Crippen molar-refractivity contribution in [2.45, 2.75) is 88.4 Å². The van der Waals surface area contributed by atoms with Crippen molar-refractivity contribution in [1.29, 1.82) is 0 Å². The number of benzene rings is 1. The molecule has 0 saturated carbocycles. The molecule has 5 aliphatic rings. The largest absolute Gasteiger partial charge is 0.461 e. The SMILES string of the molecule is Nc1ccc2c(c1)C1(CCC2)Cc2nc(OC[C@@]34CCCN3C[C@H](F)C4)nc(N3CCCn4nccc4C3)c2CO1. The van der Waals surface area contributed by atoms with Gasteiger partial charge in [-0.25, -0.2) is 4.39 Å². The summed E-state index contributed by atoms with van der Waals surface area (Å²) in [6.07, 6.45) is 8.28. The number of hydrogen-bond acceptors (Lipinski definition) is 8. The number of rotatable bonds is 4. The maximum atomic E-state index is 14.5. The van der Waals surface area contributed by atoms with Crippen LogP contribution in [0.5, 0.6) is 6.01 Å². The molecule has 3 aromatic rings. The van der Waals surface area contributed by atoms with E-state index >= 15 is 0 Å². The van der Waals surface area contributed by atoms with E-state index in [9.17, 15) is 4.39 Å². The molecular formula is C31H38FN7O2. The first-order valence-corrected chi connectivity index (χ1v) is 15.2. The summed E-state index contributed by atoms with van der Waals surface area (Å²) in [4.78, 5) is 14.7. The highest BCUT2D eigenvalue weighted by Gasteiger charge is 2.49. The van der Waals surface area contributed by atoms with E-state index in [-0.39, 0.29) is 5.54 Å². The van der Waals surface area contributed by atoms with E-state index in [0.29, 0.717) is 45.2 Å². The maximum Gasteiger partial charge on any atom is 0.318 e. The molecule has 2 aromatic heterocycles. The fraction of sp³-hybridized carbons (Fsp3) is 0.581. The Morgan fingerprint density at radius 2 is 2.05 bits per heavy atom. The van der Waals surface area contributed by atoms with Gasteiger partial charge in [-0.05, 0) is 74.4 Å². The smallest absolute Gasteiger partial charge is 0.318 e. The van der Waals surface area contributed by atoms with Crippen molar-refractivity contribution >= 4 is 11.5 Å². The Kier molecular flexibility index (Phi) is 6.00. The van der Waals surface area contributed by atoms with Crippen LogP contribution < -0.4 is 15.4 Å². The molecule has 3 atom stereocenters. The number of nitrogens with two attached hydrogens (primary N) is 1. The molecule has 1 aliphatic carbocycles. The number of halogens is 1. The minimum absolute atomic E-state index is 0.252. The number of nitrogen functional groups attached to an aromatic ring is 1. The molecule has 6 heterocycles. The monoisotopic (exact) mass is 559 g/mol. The average Bonchev–Trinajstić information content (AvgIpc) is 3.61. The zero-order valence-corrected chi connectivity index (χ0v) is 23.5. The Bertz CT molecular complexity index is 1480. The molecule has 41 heavy (non-hydrogen) atoms. The summed E-state index contributed by atoms with van der Waals surface area (Å²) in [6, 6.07) is 8.70. The molecular weight excluding hydrogens is 521 g/mol. The van der Waals surface area contributed by atoms with Crippen LogP contribution in [0, 0.1) is 0 Å². The van der Waals surface area contributed by atoms with Crippen LogP contribution in [0.3, 0.4) is 0 Å². The zero-order chi connectivity index (χ0) is 27.6. The Morgan fingerprint density at radius 1 is 1.10 bits per heavy atom. The van der Waals surface area contributed by atoms with Crippen molar-refractivity contribution < 1.29 is 13.9 Å². The lowest BCUT2D eigenvalue weighted by molar-refractivity contribution is -0.0855. The second kappa shape index (κ2) is 9.66. The van der Waals surface area contributed by atoms with Gasteiger partial charge in [0.2, 0.25) is 0 Å². The maximum absolute atomic E-state index is 14.5. The highest BCUT2D eigenvalue weighted by Crippen LogP contribution is 2.47. The number of hydrogen-bond donors (Lipinski definition) is 1. The number of anilines is 2. The molecule has 0 amide bonds. The third kappa shape index (κ3) is 4.29. The first-order chi connectivity index (χ1) is 20.0. The third-order valence-electron chi connectivity index (χ3n) is 10.1. The van der Waals surface area contributed by atoms with Gasteiger partial charge in [0.05, 0.1) is 35.7 Å². The number of alkyl halides is 1. The lowest BCUT2D eigenvalue weighted by Crippen LogP contribution is -2.44. The summed E-state index contributed by atoms with van der Waals surface area (Å²) in [5.74, 6) is 0.883. The van der Waals surface area contributed by atoms with Crippen molar-refractivity contribution in [1.82, 2.24) is 24.6 Å². The van der Waals surface area contributed by atoms with Crippen molar-refractivity contribution in [3.8, 4) is 6.01 Å². The summed E-state index contributed by atoms with van der Waals surface area (Å²) >= 11 is 0. The molecule has 1 aromatic carbocycles. The lowest BCUT2D eigenvalue weighted by atomic mass is 9.74. The van der Waals surface area contributed by atoms with Crippen LogP contribution in [0.25, 0.3) is 0 Å². The molecule has 10 heteroatoms. The van der Waals surface area contributed by atoms with Gasteiger partial charge in [0, 0.05) is 49.9 Å². The molecule has 0 radical (unpaired) electrons. The van der Waals surface area contributed by atoms with E-state index < -0.39 is 11.8 Å². The predicted molar refractivity (Wildman–Crippen MR) is 152 cm³/mol. The fourth-order valence-corrected chi connectivity index (χ4v) is 8.13. The Hall–Kier alpha value is -3.24. The van der Waals surface area contributed by atoms with Crippen LogP contribution in [0.2, 0.25) is 0 Å². The number of aryl methyl sites for hydroxylation is 2. The van der Waals surface area contributed by atoms with Crippen LogP contribution in [-0.2, 0) is 42.9 Å². The fourth-order valence-electron chi connectivity index (χ4n) is 8.13. The van der Waals surface area contributed by atoms with Gasteiger partial charge < -0.3 is 20.1 Å². The van der Waals surface area contributed by atoms with E-state index in [1.165, 1.54) is 16.8 Å². The molecule has 2 fully saturated rings. The molecule has 1 spiro atoms. The zero-order valence-electron chi connectivity index (χ0n) is 23.5. The Morgan fingerprint density at radius 3 is 3.00 bits per heavy atom. The molecule has 4 aliphatic heterocycles. The average molecular weight is 560 g/mol. The third-order valence-corrected chi connectivity index (χ3v) is 10.1. The van der Waals surface area contributed by atoms with Crippen molar-refractivity contribution in [2.24, 2.45) is 0 Å². The van der Waals surface area contributed by atoms with E-state index in [1.807, 2.05) is 12.3 Å². The lowest BCUT2D eigenvalue weighted by Gasteiger charge is -2.43. The Labute approximate surface area is 239 Å². The quantitative estimate of drug-likeness (QED) is 0.481. The number of ether oxygens (including phenoxy) is 2. The standard InChI is InChI=1S/C31H38FN7O2/c32-22-15-30(8-2-12-38(30)17-22)20-40-29-35-27-16-31(9-1-4-21-5-6-23(33)14-26(21)31)41-19-25(27)28(36-29)37-11-3-13-39-24(18-37)7-10-34-39/h5-7,10,14,22H,1-4,8-9,11-13,15-20,33H2/t22-,30+,31?/m1/s1. The molecule has 0 bridgehead atoms. The van der Waals surface area contributed by atoms with Gasteiger partial charge >= 0.3 is 6.01 Å². The van der Waals surface area contributed by atoms with E-state index in [1.54, 1.807) is 0 Å². The number of fused-ring (bicyclic) bond motifs is 5. The second-order valence-corrected chi connectivity index (χ2v) is 12.7. The summed E-state index contributed by atoms with van der Waals surface area (Å²) in [6.45, 7) is 4.76. The van der Waals surface area contributed by atoms with Crippen molar-refractivity contribution in [2.75, 3.05) is 36.9 Å². The topological polar surface area (TPSA) is 94.6 Å². The minimum atomic E-state index is -0.795. The van der Waals surface area contributed by atoms with Gasteiger partial charge in [0.1, 0.15) is 18.6 Å². The summed E-state index contributed by atoms with van der Waals surface area (Å²) < 4.78 is 29.8. The molecule has 216 valence electrons. The molecule has 2 saturated heterocycles. The van der Waals surface area contributed by atoms with Crippen LogP contribution in [0.15, 0.2) is 30.5 Å². The second-order valence-electron chi connectivity index (χ2n) is 12.7. The Balaban J connectivity index is 1.17. The highest BCUT2D eigenvalue weighted by atomic mass is 19.1. The van der Waals surface area contributed by atoms with Gasteiger partial charge in [-0.3, -0.25) is 9.58 Å². The minimum Gasteiger partial charge on any atom is -0.461 e. The van der Waals surface area contributed by atoms with Crippen LogP contribution in [-0.4, -0.2) is 62.6 Å². The van der Waals surface area contributed by atoms with Crippen LogP contribution in [0.1, 0.15) is 66.6 Å². The van der Waals surface area contributed by atoms with Gasteiger partial charge in [-0.15, -0.1) is 0 Å². The summed E-state index contributed by atoms with van der Waals surface area (Å²) in [5, 5.41) is 4.51. The predicted octanol–water partition coefficient (Wildman–Crippen LogP) is 3.93. The summed E-state index contributed by atoms with van der Waals surface area (Å²) in [5.41, 5.74) is 12.0. The molecule has 1 unspecified atom stereocenters. The summed E-state index contributed by atoms with van der Waals surface area (Å²) in [7, 11) is 0. The van der Waals surface area contributed by atoms with Crippen LogP contribution >= 0.6 is 0 Å². The number of aromatic nitrogens is 4. The van der Waals surface area contributed by atoms with Crippen molar-refractivity contribution in [3.63, 3.8) is 0 Å². The van der Waals surface area contributed by atoms with Crippen LogP contribution in [0.4, 0.5) is 15.9 Å². The van der Waals surface area contributed by atoms with Gasteiger partial charge in [0.25, 0.3) is 0 Å². The molecule has 2 N–H and O–H groups in total. The van der Waals surface area contributed by atoms with Gasteiger partial charge in [-0.1, -0.05) is 6.07 Å². The molecule has 9 nitrogen and oxygen atoms in total. The normalized spacial score (nSPS) is 29.1.